The number of nitrogens with zero attached hydrogens (tertiary/aromatic N) is 1. The van der Waals surface area contributed by atoms with Gasteiger partial charge in [-0.3, -0.25) is 20.4 Å². The minimum absolute atomic E-state index is 0.0279. The maximum Gasteiger partial charge on any atom is 0.271 e. The number of hydrogen-bond acceptors (Lipinski definition) is 6. The first-order chi connectivity index (χ1) is 15.4. The first-order valence-electron chi connectivity index (χ1n) is 9.87. The van der Waals surface area contributed by atoms with E-state index in [1.165, 1.54) is 31.4 Å². The molecule has 3 aromatic rings. The summed E-state index contributed by atoms with van der Waals surface area (Å²) in [6.07, 6.45) is 2.23. The first kappa shape index (κ1) is 21.7. The fraction of sp³-hybridized carbons (Fsp3) is 0.238. The van der Waals surface area contributed by atoms with E-state index >= 15 is 0 Å². The molecule has 0 aliphatic carbocycles. The number of ether oxygens (including phenoxy) is 2. The molecular weight excluding hydrogens is 436 g/mol. The van der Waals surface area contributed by atoms with Crippen LogP contribution in [0.4, 0.5) is 0 Å². The monoisotopic (exact) mass is 458 g/mol. The standard InChI is InChI=1S/C21H22N4O6S/c1-25(32(28,29)14-7-8-18-19(11-14)31-10-4-9-30-18)13-20(26)23-24-21(27)16-12-22-17-6-3-2-5-15(16)17/h2-3,5-8,11-12,22H,4,9-10,13H2,1H3,(H,23,26)(H,24,27). The molecule has 3 N–H and O–H groups in total. The smallest absolute Gasteiger partial charge is 0.271 e. The van der Waals surface area contributed by atoms with Crippen molar-refractivity contribution in [3.8, 4) is 11.5 Å². The van der Waals surface area contributed by atoms with Crippen LogP contribution in [0.2, 0.25) is 0 Å². The van der Waals surface area contributed by atoms with E-state index in [0.29, 0.717) is 42.1 Å². The number of amides is 2. The molecule has 10 nitrogen and oxygen atoms in total. The van der Waals surface area contributed by atoms with E-state index in [1.54, 1.807) is 12.1 Å². The van der Waals surface area contributed by atoms with Crippen LogP contribution in [0.5, 0.6) is 11.5 Å². The van der Waals surface area contributed by atoms with Gasteiger partial charge in [-0.1, -0.05) is 18.2 Å². The van der Waals surface area contributed by atoms with Crippen molar-refractivity contribution in [2.75, 3.05) is 26.8 Å². The van der Waals surface area contributed by atoms with Crippen LogP contribution in [0.25, 0.3) is 10.9 Å². The Morgan fingerprint density at radius 1 is 1.06 bits per heavy atom. The topological polar surface area (TPSA) is 130 Å². The number of para-hydroxylation sites is 1. The van der Waals surface area contributed by atoms with Gasteiger partial charge in [-0.2, -0.15) is 4.31 Å². The number of hydrazine groups is 1. The summed E-state index contributed by atoms with van der Waals surface area (Å²) in [5, 5.41) is 0.702. The van der Waals surface area contributed by atoms with Gasteiger partial charge < -0.3 is 14.5 Å². The number of aromatic amines is 1. The van der Waals surface area contributed by atoms with E-state index < -0.39 is 28.4 Å². The molecule has 11 heteroatoms. The molecule has 4 rings (SSSR count). The minimum Gasteiger partial charge on any atom is -0.490 e. The Morgan fingerprint density at radius 2 is 1.81 bits per heavy atom. The first-order valence-corrected chi connectivity index (χ1v) is 11.3. The van der Waals surface area contributed by atoms with Crippen LogP contribution in [0.15, 0.2) is 53.6 Å². The number of fused-ring (bicyclic) bond motifs is 2. The third kappa shape index (κ3) is 4.39. The number of hydrogen-bond donors (Lipinski definition) is 3. The van der Waals surface area contributed by atoms with E-state index in [2.05, 4.69) is 15.8 Å². The lowest BCUT2D eigenvalue weighted by Gasteiger charge is -2.18. The van der Waals surface area contributed by atoms with E-state index in [9.17, 15) is 18.0 Å². The number of rotatable bonds is 5. The summed E-state index contributed by atoms with van der Waals surface area (Å²) in [5.41, 5.74) is 5.69. The Balaban J connectivity index is 1.38. The zero-order chi connectivity index (χ0) is 22.7. The number of carbonyl (C=O) groups excluding carboxylic acids is 2. The van der Waals surface area contributed by atoms with E-state index in [0.717, 1.165) is 9.82 Å². The predicted molar refractivity (Wildman–Crippen MR) is 116 cm³/mol. The van der Waals surface area contributed by atoms with Crippen LogP contribution in [-0.2, 0) is 14.8 Å². The van der Waals surface area contributed by atoms with Crippen molar-refractivity contribution in [1.29, 1.82) is 0 Å². The van der Waals surface area contributed by atoms with Gasteiger partial charge in [-0.15, -0.1) is 0 Å². The molecule has 0 atom stereocenters. The van der Waals surface area contributed by atoms with Gasteiger partial charge in [0.1, 0.15) is 0 Å². The zero-order valence-electron chi connectivity index (χ0n) is 17.3. The molecule has 0 spiro atoms. The molecule has 0 saturated carbocycles. The van der Waals surface area contributed by atoms with Crippen LogP contribution in [0, 0.1) is 0 Å². The van der Waals surface area contributed by atoms with E-state index in [4.69, 9.17) is 9.47 Å². The lowest BCUT2D eigenvalue weighted by molar-refractivity contribution is -0.121. The SMILES string of the molecule is CN(CC(=O)NNC(=O)c1c[nH]c2ccccc12)S(=O)(=O)c1ccc2c(c1)OCCCO2. The number of H-pyrrole nitrogens is 1. The van der Waals surface area contributed by atoms with Gasteiger partial charge in [0.15, 0.2) is 11.5 Å². The van der Waals surface area contributed by atoms with Gasteiger partial charge in [0.2, 0.25) is 10.0 Å². The van der Waals surface area contributed by atoms with E-state index in [1.807, 2.05) is 12.1 Å². The Morgan fingerprint density at radius 3 is 2.62 bits per heavy atom. The van der Waals surface area contributed by atoms with Crippen LogP contribution in [-0.4, -0.2) is 56.3 Å². The third-order valence-electron chi connectivity index (χ3n) is 4.94. The largest absolute Gasteiger partial charge is 0.490 e. The van der Waals surface area contributed by atoms with Gasteiger partial charge in [0.25, 0.3) is 11.8 Å². The zero-order valence-corrected chi connectivity index (χ0v) is 18.1. The number of sulfonamides is 1. The highest BCUT2D eigenvalue weighted by Gasteiger charge is 2.25. The molecule has 168 valence electrons. The maximum absolute atomic E-state index is 12.9. The Labute approximate surface area is 184 Å². The highest BCUT2D eigenvalue weighted by molar-refractivity contribution is 7.89. The summed E-state index contributed by atoms with van der Waals surface area (Å²) in [6.45, 7) is 0.416. The number of likely N-dealkylation sites (N-methyl/N-ethyl adjacent to an activating group) is 1. The average molecular weight is 458 g/mol. The second-order valence-electron chi connectivity index (χ2n) is 7.17. The van der Waals surface area contributed by atoms with Crippen molar-refractivity contribution in [1.82, 2.24) is 20.1 Å². The summed E-state index contributed by atoms with van der Waals surface area (Å²) in [6, 6.07) is 11.5. The fourth-order valence-electron chi connectivity index (χ4n) is 3.26. The Hall–Kier alpha value is -3.57. The summed E-state index contributed by atoms with van der Waals surface area (Å²) in [4.78, 5) is 27.6. The molecule has 0 unspecified atom stereocenters. The van der Waals surface area contributed by atoms with Crippen LogP contribution in [0.1, 0.15) is 16.8 Å². The second kappa shape index (κ2) is 8.89. The molecular formula is C21H22N4O6S. The van der Waals surface area contributed by atoms with Crippen molar-refractivity contribution in [3.05, 3.63) is 54.2 Å². The van der Waals surface area contributed by atoms with Crippen molar-refractivity contribution in [3.63, 3.8) is 0 Å². The van der Waals surface area contributed by atoms with Crippen molar-refractivity contribution >= 4 is 32.7 Å². The van der Waals surface area contributed by atoms with Gasteiger partial charge in [0, 0.05) is 36.6 Å². The highest BCUT2D eigenvalue weighted by atomic mass is 32.2. The number of carbonyl (C=O) groups is 2. The summed E-state index contributed by atoms with van der Waals surface area (Å²) in [7, 11) is -2.69. The highest BCUT2D eigenvalue weighted by Crippen LogP contribution is 2.32. The number of aromatic nitrogens is 1. The molecule has 2 amide bonds. The lowest BCUT2D eigenvalue weighted by Crippen LogP contribution is -2.46. The molecule has 1 aliphatic heterocycles. The number of benzene rings is 2. The molecule has 2 heterocycles. The Bertz CT molecular complexity index is 1270. The van der Waals surface area contributed by atoms with Gasteiger partial charge in [0.05, 0.1) is 30.2 Å². The summed E-state index contributed by atoms with van der Waals surface area (Å²) in [5.74, 6) is -0.405. The molecule has 2 aromatic carbocycles. The molecule has 1 aromatic heterocycles. The Kier molecular flexibility index (Phi) is 6.01. The van der Waals surface area contributed by atoms with Crippen LogP contribution >= 0.6 is 0 Å². The van der Waals surface area contributed by atoms with Gasteiger partial charge >= 0.3 is 0 Å². The molecule has 0 radical (unpaired) electrons. The van der Waals surface area contributed by atoms with Gasteiger partial charge in [-0.25, -0.2) is 8.42 Å². The second-order valence-corrected chi connectivity index (χ2v) is 9.22. The van der Waals surface area contributed by atoms with Crippen LogP contribution < -0.4 is 20.3 Å². The van der Waals surface area contributed by atoms with E-state index in [-0.39, 0.29) is 4.90 Å². The molecule has 32 heavy (non-hydrogen) atoms. The van der Waals surface area contributed by atoms with Crippen LogP contribution in [0.3, 0.4) is 0 Å². The summed E-state index contributed by atoms with van der Waals surface area (Å²) < 4.78 is 37.7. The quantitative estimate of drug-likeness (QED) is 0.496. The molecule has 1 aliphatic rings. The molecule has 0 bridgehead atoms. The fourth-order valence-corrected chi connectivity index (χ4v) is 4.41. The third-order valence-corrected chi connectivity index (χ3v) is 6.74. The molecule has 0 fully saturated rings. The summed E-state index contributed by atoms with van der Waals surface area (Å²) >= 11 is 0. The van der Waals surface area contributed by atoms with Crippen molar-refractivity contribution < 1.29 is 27.5 Å². The lowest BCUT2D eigenvalue weighted by atomic mass is 10.2. The normalized spacial score (nSPS) is 13.6. The average Bonchev–Trinajstić information content (AvgIpc) is 3.07. The van der Waals surface area contributed by atoms with Crippen molar-refractivity contribution in [2.45, 2.75) is 11.3 Å². The number of nitrogens with one attached hydrogen (secondary N) is 3. The van der Waals surface area contributed by atoms with Crippen molar-refractivity contribution in [2.24, 2.45) is 0 Å². The molecule has 0 saturated heterocycles. The minimum atomic E-state index is -3.97. The maximum atomic E-state index is 12.9. The van der Waals surface area contributed by atoms with Gasteiger partial charge in [-0.05, 0) is 18.2 Å². The predicted octanol–water partition coefficient (Wildman–Crippen LogP) is 1.41.